The fourth-order valence-corrected chi connectivity index (χ4v) is 3.13. The van der Waals surface area contributed by atoms with Gasteiger partial charge in [0.2, 0.25) is 0 Å². The summed E-state index contributed by atoms with van der Waals surface area (Å²) in [6, 6.07) is 7.09. The monoisotopic (exact) mass is 434 g/mol. The number of benzene rings is 2. The second-order valence-electron chi connectivity index (χ2n) is 4.40. The quantitative estimate of drug-likeness (QED) is 0.500. The molecule has 1 nitrogen and oxygen atoms in total. The average molecular weight is 437 g/mol. The molecule has 104 valence electrons. The highest BCUT2D eigenvalue weighted by Crippen LogP contribution is 2.32. The lowest BCUT2D eigenvalue weighted by Gasteiger charge is -2.11. The van der Waals surface area contributed by atoms with E-state index < -0.39 is 0 Å². The molecule has 0 aromatic heterocycles. The first-order valence-corrected chi connectivity index (χ1v) is 8.12. The van der Waals surface area contributed by atoms with E-state index in [-0.39, 0.29) is 5.78 Å². The lowest BCUT2D eigenvalue weighted by Crippen LogP contribution is -2.06. The smallest absolute Gasteiger partial charge is 0.193 e. The van der Waals surface area contributed by atoms with Crippen LogP contribution in [0.25, 0.3) is 0 Å². The largest absolute Gasteiger partial charge is 0.289 e. The number of carbonyl (C=O) groups excluding carboxylic acids is 1. The van der Waals surface area contributed by atoms with Crippen LogP contribution in [0.2, 0.25) is 10.0 Å². The van der Waals surface area contributed by atoms with Crippen molar-refractivity contribution in [2.75, 3.05) is 0 Å². The van der Waals surface area contributed by atoms with E-state index in [2.05, 4.69) is 31.9 Å². The molecule has 0 bridgehead atoms. The van der Waals surface area contributed by atoms with Gasteiger partial charge in [-0.25, -0.2) is 0 Å². The van der Waals surface area contributed by atoms with Crippen LogP contribution in [0.3, 0.4) is 0 Å². The van der Waals surface area contributed by atoms with Gasteiger partial charge in [-0.1, -0.05) is 23.2 Å². The van der Waals surface area contributed by atoms with Gasteiger partial charge in [0, 0.05) is 20.1 Å². The Balaban J connectivity index is 2.58. The van der Waals surface area contributed by atoms with Gasteiger partial charge >= 0.3 is 0 Å². The van der Waals surface area contributed by atoms with Gasteiger partial charge in [-0.2, -0.15) is 0 Å². The third kappa shape index (κ3) is 2.82. The Labute approximate surface area is 144 Å². The fraction of sp³-hybridized carbons (Fsp3) is 0.133. The van der Waals surface area contributed by atoms with Crippen molar-refractivity contribution in [2.45, 2.75) is 13.8 Å². The lowest BCUT2D eigenvalue weighted by molar-refractivity contribution is 0.103. The molecule has 0 aliphatic carbocycles. The molecule has 0 N–H and O–H groups in total. The van der Waals surface area contributed by atoms with Gasteiger partial charge in [-0.15, -0.1) is 0 Å². The topological polar surface area (TPSA) is 17.1 Å². The Hall–Kier alpha value is -0.350. The number of rotatable bonds is 2. The molecular formula is C15H10Br2Cl2O. The summed E-state index contributed by atoms with van der Waals surface area (Å²) in [5.41, 5.74) is 2.67. The first-order chi connectivity index (χ1) is 9.34. The maximum absolute atomic E-state index is 12.7. The highest BCUT2D eigenvalue weighted by molar-refractivity contribution is 9.10. The molecule has 20 heavy (non-hydrogen) atoms. The van der Waals surface area contributed by atoms with Crippen molar-refractivity contribution in [2.24, 2.45) is 0 Å². The summed E-state index contributed by atoms with van der Waals surface area (Å²) in [5.74, 6) is -0.0798. The third-order valence-electron chi connectivity index (χ3n) is 3.17. The third-order valence-corrected chi connectivity index (χ3v) is 5.92. The lowest BCUT2D eigenvalue weighted by atomic mass is 9.96. The van der Waals surface area contributed by atoms with Crippen LogP contribution >= 0.6 is 55.1 Å². The number of ketones is 1. The standard InChI is InChI=1S/C15H10Br2Cl2O/c1-7-9(3-5-11(16)13(7)18)15(20)10-4-6-12(17)14(19)8(10)2/h3-6H,1-2H3. The van der Waals surface area contributed by atoms with Gasteiger partial charge in [-0.05, 0) is 81.1 Å². The Morgan fingerprint density at radius 1 is 0.850 bits per heavy atom. The predicted octanol–water partition coefficient (Wildman–Crippen LogP) is 6.37. The highest BCUT2D eigenvalue weighted by atomic mass is 79.9. The molecule has 0 unspecified atom stereocenters. The summed E-state index contributed by atoms with van der Waals surface area (Å²) in [5, 5.41) is 1.11. The number of hydrogen-bond donors (Lipinski definition) is 0. The van der Waals surface area contributed by atoms with Crippen molar-refractivity contribution >= 4 is 60.8 Å². The molecule has 0 heterocycles. The van der Waals surface area contributed by atoms with E-state index in [0.717, 1.165) is 20.1 Å². The molecule has 0 atom stereocenters. The molecule has 0 spiro atoms. The van der Waals surface area contributed by atoms with E-state index >= 15 is 0 Å². The Bertz CT molecular complexity index is 652. The van der Waals surface area contributed by atoms with Crippen molar-refractivity contribution in [1.29, 1.82) is 0 Å². The molecule has 0 saturated heterocycles. The second kappa shape index (κ2) is 6.18. The van der Waals surface area contributed by atoms with E-state index in [1.54, 1.807) is 24.3 Å². The molecule has 0 aliphatic heterocycles. The van der Waals surface area contributed by atoms with E-state index in [0.29, 0.717) is 21.2 Å². The maximum Gasteiger partial charge on any atom is 0.193 e. The molecule has 2 rings (SSSR count). The molecule has 2 aromatic carbocycles. The fourth-order valence-electron chi connectivity index (χ4n) is 1.94. The van der Waals surface area contributed by atoms with Crippen molar-refractivity contribution < 1.29 is 4.79 Å². The van der Waals surface area contributed by atoms with Gasteiger partial charge in [-0.3, -0.25) is 4.79 Å². The normalized spacial score (nSPS) is 10.7. The average Bonchev–Trinajstić information content (AvgIpc) is 2.42. The number of hydrogen-bond acceptors (Lipinski definition) is 1. The van der Waals surface area contributed by atoms with Gasteiger partial charge in [0.25, 0.3) is 0 Å². The Morgan fingerprint density at radius 3 is 1.55 bits per heavy atom. The summed E-state index contributed by atoms with van der Waals surface area (Å²) in [4.78, 5) is 12.7. The number of halogens is 4. The van der Waals surface area contributed by atoms with Crippen molar-refractivity contribution in [1.82, 2.24) is 0 Å². The van der Waals surface area contributed by atoms with Crippen LogP contribution in [-0.4, -0.2) is 5.78 Å². The van der Waals surface area contributed by atoms with Crippen LogP contribution < -0.4 is 0 Å². The van der Waals surface area contributed by atoms with Crippen molar-refractivity contribution in [3.05, 3.63) is 65.5 Å². The van der Waals surface area contributed by atoms with Crippen LogP contribution in [0.5, 0.6) is 0 Å². The Kier molecular flexibility index (Phi) is 4.96. The highest BCUT2D eigenvalue weighted by Gasteiger charge is 2.18. The van der Waals surface area contributed by atoms with E-state index in [4.69, 9.17) is 23.2 Å². The van der Waals surface area contributed by atoms with Gasteiger partial charge < -0.3 is 0 Å². The molecule has 0 radical (unpaired) electrons. The predicted molar refractivity (Wildman–Crippen MR) is 91.2 cm³/mol. The second-order valence-corrected chi connectivity index (χ2v) is 6.86. The summed E-state index contributed by atoms with van der Waals surface area (Å²) >= 11 is 19.1. The minimum atomic E-state index is -0.0798. The molecule has 2 aromatic rings. The number of carbonyl (C=O) groups is 1. The minimum Gasteiger partial charge on any atom is -0.289 e. The molecule has 0 aliphatic rings. The summed E-state index contributed by atoms with van der Waals surface area (Å²) < 4.78 is 1.55. The molecule has 0 saturated carbocycles. The van der Waals surface area contributed by atoms with Crippen LogP contribution in [0, 0.1) is 13.8 Å². The Morgan fingerprint density at radius 2 is 1.20 bits per heavy atom. The van der Waals surface area contributed by atoms with Gasteiger partial charge in [0.1, 0.15) is 0 Å². The van der Waals surface area contributed by atoms with Gasteiger partial charge in [0.15, 0.2) is 5.78 Å². The van der Waals surface area contributed by atoms with Crippen LogP contribution in [-0.2, 0) is 0 Å². The van der Waals surface area contributed by atoms with Crippen LogP contribution in [0.1, 0.15) is 27.0 Å². The van der Waals surface area contributed by atoms with Crippen molar-refractivity contribution in [3.8, 4) is 0 Å². The summed E-state index contributed by atoms with van der Waals surface area (Å²) in [6.45, 7) is 3.66. The summed E-state index contributed by atoms with van der Waals surface area (Å²) in [7, 11) is 0. The first-order valence-electron chi connectivity index (χ1n) is 5.78. The van der Waals surface area contributed by atoms with E-state index in [9.17, 15) is 4.79 Å². The molecule has 0 fully saturated rings. The maximum atomic E-state index is 12.7. The first kappa shape index (κ1) is 16.0. The van der Waals surface area contributed by atoms with Crippen molar-refractivity contribution in [3.63, 3.8) is 0 Å². The molecule has 0 amide bonds. The zero-order valence-corrected chi connectivity index (χ0v) is 15.4. The van der Waals surface area contributed by atoms with Crippen LogP contribution in [0.15, 0.2) is 33.2 Å². The SMILES string of the molecule is Cc1c(C(=O)c2ccc(Br)c(Cl)c2C)ccc(Br)c1Cl. The zero-order valence-electron chi connectivity index (χ0n) is 10.7. The van der Waals surface area contributed by atoms with E-state index in [1.165, 1.54) is 0 Å². The van der Waals surface area contributed by atoms with Gasteiger partial charge in [0.05, 0.1) is 10.0 Å². The molecular weight excluding hydrogens is 427 g/mol. The molecule has 5 heteroatoms. The van der Waals surface area contributed by atoms with Crippen LogP contribution in [0.4, 0.5) is 0 Å². The minimum absolute atomic E-state index is 0.0798. The van der Waals surface area contributed by atoms with E-state index in [1.807, 2.05) is 13.8 Å². The zero-order chi connectivity index (χ0) is 15.0. The summed E-state index contributed by atoms with van der Waals surface area (Å²) in [6.07, 6.45) is 0.